The Labute approximate surface area is 120 Å². The van der Waals surface area contributed by atoms with Crippen LogP contribution in [0.1, 0.15) is 20.8 Å². The van der Waals surface area contributed by atoms with E-state index in [1.165, 1.54) is 34.8 Å². The van der Waals surface area contributed by atoms with E-state index < -0.39 is 11.7 Å². The van der Waals surface area contributed by atoms with Gasteiger partial charge < -0.3 is 0 Å². The van der Waals surface area contributed by atoms with Gasteiger partial charge >= 0.3 is 6.18 Å². The van der Waals surface area contributed by atoms with Crippen molar-refractivity contribution in [3.05, 3.63) is 57.8 Å². The van der Waals surface area contributed by atoms with E-state index >= 15 is 0 Å². The van der Waals surface area contributed by atoms with Crippen molar-refractivity contribution in [2.75, 3.05) is 0 Å². The molecule has 20 heavy (non-hydrogen) atoms. The molecule has 0 saturated heterocycles. The van der Waals surface area contributed by atoms with Crippen molar-refractivity contribution in [3.63, 3.8) is 0 Å². The first-order valence-corrected chi connectivity index (χ1v) is 7.34. The number of hydrogen-bond acceptors (Lipinski definition) is 3. The third-order valence-corrected chi connectivity index (χ3v) is 4.91. The summed E-state index contributed by atoms with van der Waals surface area (Å²) in [5.74, 6) is -0.371. The quantitative estimate of drug-likeness (QED) is 0.593. The SMILES string of the molecule is O=C(c1cccc(C(F)(F)F)c1)c1cc2sccc2s1. The van der Waals surface area contributed by atoms with Crippen molar-refractivity contribution in [1.29, 1.82) is 0 Å². The Morgan fingerprint density at radius 1 is 1.05 bits per heavy atom. The minimum Gasteiger partial charge on any atom is -0.288 e. The van der Waals surface area contributed by atoms with Gasteiger partial charge in [-0.1, -0.05) is 12.1 Å². The molecule has 0 aliphatic rings. The van der Waals surface area contributed by atoms with Gasteiger partial charge in [-0.25, -0.2) is 0 Å². The highest BCUT2D eigenvalue weighted by Crippen LogP contribution is 2.33. The Hall–Kier alpha value is -1.66. The standard InChI is InChI=1S/C14H7F3OS2/c15-14(16,17)9-3-1-2-8(6-9)13(18)12-7-11-10(20-12)4-5-19-11/h1-7H. The Bertz CT molecular complexity index is 754. The molecule has 3 rings (SSSR count). The normalized spacial score (nSPS) is 11.9. The minimum absolute atomic E-state index is 0.0636. The second kappa shape index (κ2) is 4.71. The number of benzene rings is 1. The van der Waals surface area contributed by atoms with Crippen molar-refractivity contribution in [1.82, 2.24) is 0 Å². The van der Waals surface area contributed by atoms with Crippen LogP contribution >= 0.6 is 22.7 Å². The number of alkyl halides is 3. The molecule has 0 amide bonds. The first kappa shape index (κ1) is 13.3. The van der Waals surface area contributed by atoms with Crippen LogP contribution in [0, 0.1) is 0 Å². The molecule has 0 N–H and O–H groups in total. The van der Waals surface area contributed by atoms with E-state index in [1.54, 1.807) is 6.07 Å². The molecule has 1 nitrogen and oxygen atoms in total. The molecule has 2 heterocycles. The molecule has 2 aromatic heterocycles. The van der Waals surface area contributed by atoms with Gasteiger partial charge in [-0.15, -0.1) is 22.7 Å². The largest absolute Gasteiger partial charge is 0.416 e. The number of carbonyl (C=O) groups excluding carboxylic acids is 1. The van der Waals surface area contributed by atoms with Crippen LogP contribution in [-0.4, -0.2) is 5.78 Å². The van der Waals surface area contributed by atoms with Crippen molar-refractivity contribution in [2.24, 2.45) is 0 Å². The number of halogens is 3. The lowest BCUT2D eigenvalue weighted by atomic mass is 10.1. The van der Waals surface area contributed by atoms with Gasteiger partial charge in [-0.3, -0.25) is 4.79 Å². The van der Waals surface area contributed by atoms with E-state index in [2.05, 4.69) is 0 Å². The van der Waals surface area contributed by atoms with E-state index in [1.807, 2.05) is 11.4 Å². The molecule has 0 fully saturated rings. The Kier molecular flexibility index (Phi) is 3.14. The van der Waals surface area contributed by atoms with Crippen LogP contribution < -0.4 is 0 Å². The third-order valence-electron chi connectivity index (χ3n) is 2.82. The Morgan fingerprint density at radius 2 is 1.85 bits per heavy atom. The fourth-order valence-corrected chi connectivity index (χ4v) is 3.93. The number of carbonyl (C=O) groups is 1. The zero-order valence-corrected chi connectivity index (χ0v) is 11.5. The fourth-order valence-electron chi connectivity index (χ4n) is 1.86. The molecule has 3 aromatic rings. The highest BCUT2D eigenvalue weighted by Gasteiger charge is 2.31. The Balaban J connectivity index is 2.00. The van der Waals surface area contributed by atoms with E-state index in [9.17, 15) is 18.0 Å². The average molecular weight is 312 g/mol. The third kappa shape index (κ3) is 2.36. The summed E-state index contributed by atoms with van der Waals surface area (Å²) in [4.78, 5) is 12.7. The van der Waals surface area contributed by atoms with Crippen molar-refractivity contribution in [3.8, 4) is 0 Å². The summed E-state index contributed by atoms with van der Waals surface area (Å²) in [5, 5.41) is 1.92. The second-order valence-electron chi connectivity index (χ2n) is 4.17. The van der Waals surface area contributed by atoms with Crippen molar-refractivity contribution < 1.29 is 18.0 Å². The summed E-state index contributed by atoms with van der Waals surface area (Å²) in [5.41, 5.74) is -0.740. The highest BCUT2D eigenvalue weighted by molar-refractivity contribution is 7.28. The molecule has 0 radical (unpaired) electrons. The molecule has 0 aliphatic carbocycles. The van der Waals surface area contributed by atoms with Gasteiger partial charge in [0.25, 0.3) is 0 Å². The molecular formula is C14H7F3OS2. The zero-order chi connectivity index (χ0) is 14.3. The first-order valence-electron chi connectivity index (χ1n) is 5.64. The van der Waals surface area contributed by atoms with Gasteiger partial charge in [-0.05, 0) is 29.6 Å². The number of hydrogen-bond donors (Lipinski definition) is 0. The average Bonchev–Trinajstić information content (AvgIpc) is 2.97. The monoisotopic (exact) mass is 312 g/mol. The smallest absolute Gasteiger partial charge is 0.288 e. The van der Waals surface area contributed by atoms with Crippen LogP contribution in [-0.2, 0) is 6.18 Å². The maximum Gasteiger partial charge on any atom is 0.416 e. The number of rotatable bonds is 2. The van der Waals surface area contributed by atoms with E-state index in [0.29, 0.717) is 4.88 Å². The van der Waals surface area contributed by atoms with Gasteiger partial charge in [0.15, 0.2) is 0 Å². The van der Waals surface area contributed by atoms with Crippen LogP contribution in [0.2, 0.25) is 0 Å². The lowest BCUT2D eigenvalue weighted by Crippen LogP contribution is -2.07. The van der Waals surface area contributed by atoms with Crippen molar-refractivity contribution >= 4 is 37.9 Å². The van der Waals surface area contributed by atoms with Gasteiger partial charge in [0.1, 0.15) is 0 Å². The summed E-state index contributed by atoms with van der Waals surface area (Å²) in [6.07, 6.45) is -4.44. The van der Waals surface area contributed by atoms with Crippen LogP contribution in [0.25, 0.3) is 9.40 Å². The molecule has 0 unspecified atom stereocenters. The van der Waals surface area contributed by atoms with Crippen molar-refractivity contribution in [2.45, 2.75) is 6.18 Å². The molecule has 0 atom stereocenters. The lowest BCUT2D eigenvalue weighted by molar-refractivity contribution is -0.137. The summed E-state index contributed by atoms with van der Waals surface area (Å²) >= 11 is 2.81. The number of thiophene rings is 2. The van der Waals surface area contributed by atoms with Gasteiger partial charge in [0.05, 0.1) is 10.4 Å². The minimum atomic E-state index is -4.44. The fraction of sp³-hybridized carbons (Fsp3) is 0.0714. The summed E-state index contributed by atoms with van der Waals surface area (Å²) in [7, 11) is 0. The highest BCUT2D eigenvalue weighted by atomic mass is 32.1. The van der Waals surface area contributed by atoms with Crippen LogP contribution in [0.3, 0.4) is 0 Å². The molecule has 1 aromatic carbocycles. The van der Waals surface area contributed by atoms with E-state index in [-0.39, 0.29) is 11.3 Å². The van der Waals surface area contributed by atoms with Crippen LogP contribution in [0.5, 0.6) is 0 Å². The molecule has 102 valence electrons. The maximum absolute atomic E-state index is 12.6. The van der Waals surface area contributed by atoms with Crippen LogP contribution in [0.15, 0.2) is 41.8 Å². The predicted molar refractivity (Wildman–Crippen MR) is 74.6 cm³/mol. The van der Waals surface area contributed by atoms with Gasteiger partial charge in [0, 0.05) is 15.0 Å². The number of fused-ring (bicyclic) bond motifs is 1. The molecule has 0 bridgehead atoms. The summed E-state index contributed by atoms with van der Waals surface area (Å²) < 4.78 is 39.9. The van der Waals surface area contributed by atoms with E-state index in [4.69, 9.17) is 0 Å². The van der Waals surface area contributed by atoms with E-state index in [0.717, 1.165) is 21.5 Å². The van der Waals surface area contributed by atoms with Gasteiger partial charge in [0.2, 0.25) is 5.78 Å². The van der Waals surface area contributed by atoms with Crippen LogP contribution in [0.4, 0.5) is 13.2 Å². The molecular weight excluding hydrogens is 305 g/mol. The first-order chi connectivity index (χ1) is 9.45. The molecule has 0 spiro atoms. The summed E-state index contributed by atoms with van der Waals surface area (Å²) in [6.45, 7) is 0. The maximum atomic E-state index is 12.6. The number of ketones is 1. The summed E-state index contributed by atoms with van der Waals surface area (Å²) in [6, 6.07) is 8.15. The lowest BCUT2D eigenvalue weighted by Gasteiger charge is -2.07. The molecule has 0 saturated carbocycles. The second-order valence-corrected chi connectivity index (χ2v) is 6.20. The topological polar surface area (TPSA) is 17.1 Å². The van der Waals surface area contributed by atoms with Gasteiger partial charge in [-0.2, -0.15) is 13.2 Å². The predicted octanol–water partition coefficient (Wildman–Crippen LogP) is 5.21. The molecule has 0 aliphatic heterocycles. The molecule has 6 heteroatoms. The Morgan fingerprint density at radius 3 is 2.55 bits per heavy atom. The zero-order valence-electron chi connectivity index (χ0n) is 9.90.